The first kappa shape index (κ1) is 9.30. The molecule has 0 N–H and O–H groups in total. The Morgan fingerprint density at radius 3 is 2.75 bits per heavy atom. The molecule has 1 rings (SSSR count). The third-order valence-electron chi connectivity index (χ3n) is 2.64. The van der Waals surface area contributed by atoms with Crippen molar-refractivity contribution < 1.29 is 9.53 Å². The molecule has 2 unspecified atom stereocenters. The largest absolute Gasteiger partial charge is 0.465 e. The van der Waals surface area contributed by atoms with Crippen LogP contribution < -0.4 is 0 Å². The van der Waals surface area contributed by atoms with E-state index in [1.807, 2.05) is 13.8 Å². The second kappa shape index (κ2) is 3.74. The van der Waals surface area contributed by atoms with Gasteiger partial charge in [-0.3, -0.25) is 4.79 Å². The van der Waals surface area contributed by atoms with Crippen molar-refractivity contribution >= 4 is 5.97 Å². The molecular formula is C10H16O2. The minimum Gasteiger partial charge on any atom is -0.465 e. The summed E-state index contributed by atoms with van der Waals surface area (Å²) in [5, 5.41) is 0. The summed E-state index contributed by atoms with van der Waals surface area (Å²) in [5.41, 5.74) is 1.34. The van der Waals surface area contributed by atoms with Crippen molar-refractivity contribution in [3.63, 3.8) is 0 Å². The highest BCUT2D eigenvalue weighted by molar-refractivity contribution is 5.74. The fourth-order valence-electron chi connectivity index (χ4n) is 1.72. The lowest BCUT2D eigenvalue weighted by Gasteiger charge is -2.13. The molecule has 0 spiro atoms. The number of rotatable bonds is 2. The highest BCUT2D eigenvalue weighted by atomic mass is 16.5. The van der Waals surface area contributed by atoms with Crippen LogP contribution >= 0.6 is 0 Å². The Bertz CT molecular complexity index is 206. The third kappa shape index (κ3) is 1.52. The Hall–Kier alpha value is -0.790. The van der Waals surface area contributed by atoms with Crippen LogP contribution in [0, 0.1) is 11.8 Å². The molecule has 1 saturated heterocycles. The van der Waals surface area contributed by atoms with E-state index in [1.165, 1.54) is 5.57 Å². The van der Waals surface area contributed by atoms with Crippen molar-refractivity contribution in [2.45, 2.75) is 27.2 Å². The van der Waals surface area contributed by atoms with E-state index in [2.05, 4.69) is 13.0 Å². The topological polar surface area (TPSA) is 26.3 Å². The average Bonchev–Trinajstić information content (AvgIpc) is 2.38. The van der Waals surface area contributed by atoms with Crippen molar-refractivity contribution in [2.24, 2.45) is 11.8 Å². The minimum atomic E-state index is -0.0483. The molecule has 0 aromatic heterocycles. The first-order chi connectivity index (χ1) is 5.70. The van der Waals surface area contributed by atoms with Crippen LogP contribution in [0.3, 0.4) is 0 Å². The van der Waals surface area contributed by atoms with E-state index < -0.39 is 0 Å². The molecule has 1 heterocycles. The fraction of sp³-hybridized carbons (Fsp3) is 0.700. The lowest BCUT2D eigenvalue weighted by atomic mass is 9.88. The Labute approximate surface area is 73.6 Å². The van der Waals surface area contributed by atoms with Crippen molar-refractivity contribution in [3.05, 3.63) is 11.6 Å². The van der Waals surface area contributed by atoms with Crippen LogP contribution in [0.1, 0.15) is 27.2 Å². The quantitative estimate of drug-likeness (QED) is 0.466. The maximum atomic E-state index is 11.1. The zero-order valence-corrected chi connectivity index (χ0v) is 7.96. The van der Waals surface area contributed by atoms with Gasteiger partial charge in [0.1, 0.15) is 0 Å². The monoisotopic (exact) mass is 168 g/mol. The van der Waals surface area contributed by atoms with Gasteiger partial charge in [-0.05, 0) is 13.3 Å². The maximum absolute atomic E-state index is 11.1. The van der Waals surface area contributed by atoms with Crippen LogP contribution in [0.2, 0.25) is 0 Å². The summed E-state index contributed by atoms with van der Waals surface area (Å²) in [6, 6.07) is 0. The maximum Gasteiger partial charge on any atom is 0.309 e. The van der Waals surface area contributed by atoms with Crippen LogP contribution in [0.25, 0.3) is 0 Å². The Kier molecular flexibility index (Phi) is 2.90. The number of hydrogen-bond acceptors (Lipinski definition) is 2. The number of carbonyl (C=O) groups is 1. The van der Waals surface area contributed by atoms with Gasteiger partial charge in [0.05, 0.1) is 12.5 Å². The number of esters is 1. The van der Waals surface area contributed by atoms with Crippen LogP contribution in [0.5, 0.6) is 0 Å². The smallest absolute Gasteiger partial charge is 0.309 e. The van der Waals surface area contributed by atoms with Gasteiger partial charge in [-0.1, -0.05) is 25.5 Å². The summed E-state index contributed by atoms with van der Waals surface area (Å²) in [6.45, 7) is 6.66. The van der Waals surface area contributed by atoms with Crippen LogP contribution in [-0.4, -0.2) is 12.6 Å². The molecule has 1 fully saturated rings. The zero-order chi connectivity index (χ0) is 9.14. The normalized spacial score (nSPS) is 30.6. The number of cyclic esters (lactones) is 1. The minimum absolute atomic E-state index is 0.0483. The van der Waals surface area contributed by atoms with Gasteiger partial charge in [0.15, 0.2) is 0 Å². The van der Waals surface area contributed by atoms with E-state index in [9.17, 15) is 4.79 Å². The van der Waals surface area contributed by atoms with E-state index >= 15 is 0 Å². The summed E-state index contributed by atoms with van der Waals surface area (Å²) >= 11 is 0. The number of hydrogen-bond donors (Lipinski definition) is 0. The molecule has 12 heavy (non-hydrogen) atoms. The summed E-state index contributed by atoms with van der Waals surface area (Å²) < 4.78 is 4.98. The Balaban J connectivity index is 2.70. The predicted molar refractivity (Wildman–Crippen MR) is 47.7 cm³/mol. The van der Waals surface area contributed by atoms with Crippen molar-refractivity contribution in [2.75, 3.05) is 6.61 Å². The molecule has 0 aliphatic carbocycles. The molecule has 0 aromatic rings. The number of carbonyl (C=O) groups excluding carboxylic acids is 1. The SMILES string of the molecule is C/C=C(/CC)C1COC(=O)C1C. The van der Waals surface area contributed by atoms with E-state index in [-0.39, 0.29) is 11.9 Å². The first-order valence-electron chi connectivity index (χ1n) is 4.52. The van der Waals surface area contributed by atoms with Gasteiger partial charge in [-0.25, -0.2) is 0 Å². The third-order valence-corrected chi connectivity index (χ3v) is 2.64. The highest BCUT2D eigenvalue weighted by Crippen LogP contribution is 2.29. The molecule has 0 saturated carbocycles. The zero-order valence-electron chi connectivity index (χ0n) is 7.96. The Morgan fingerprint density at radius 1 is 1.75 bits per heavy atom. The highest BCUT2D eigenvalue weighted by Gasteiger charge is 2.34. The lowest BCUT2D eigenvalue weighted by Crippen LogP contribution is -2.13. The molecule has 68 valence electrons. The van der Waals surface area contributed by atoms with Crippen molar-refractivity contribution in [1.29, 1.82) is 0 Å². The summed E-state index contributed by atoms with van der Waals surface area (Å²) in [7, 11) is 0. The summed E-state index contributed by atoms with van der Waals surface area (Å²) in [4.78, 5) is 11.1. The molecule has 0 bridgehead atoms. The van der Waals surface area contributed by atoms with Gasteiger partial charge in [0, 0.05) is 5.92 Å². The lowest BCUT2D eigenvalue weighted by molar-refractivity contribution is -0.140. The molecule has 0 radical (unpaired) electrons. The predicted octanol–water partition coefficient (Wildman–Crippen LogP) is 2.15. The Morgan fingerprint density at radius 2 is 2.42 bits per heavy atom. The van der Waals surface area contributed by atoms with Gasteiger partial charge < -0.3 is 4.74 Å². The molecule has 2 atom stereocenters. The second-order valence-corrected chi connectivity index (χ2v) is 3.24. The molecule has 2 heteroatoms. The first-order valence-corrected chi connectivity index (χ1v) is 4.52. The molecule has 0 amide bonds. The molecule has 1 aliphatic heterocycles. The average molecular weight is 168 g/mol. The van der Waals surface area contributed by atoms with Crippen molar-refractivity contribution in [3.8, 4) is 0 Å². The van der Waals surface area contributed by atoms with Crippen molar-refractivity contribution in [1.82, 2.24) is 0 Å². The molecular weight excluding hydrogens is 152 g/mol. The molecule has 0 aromatic carbocycles. The van der Waals surface area contributed by atoms with Gasteiger partial charge in [0.25, 0.3) is 0 Å². The van der Waals surface area contributed by atoms with E-state index in [4.69, 9.17) is 4.74 Å². The van der Waals surface area contributed by atoms with E-state index in [0.29, 0.717) is 12.5 Å². The number of ether oxygens (including phenoxy) is 1. The van der Waals surface area contributed by atoms with E-state index in [1.54, 1.807) is 0 Å². The molecule has 1 aliphatic rings. The van der Waals surface area contributed by atoms with Gasteiger partial charge in [-0.15, -0.1) is 0 Å². The van der Waals surface area contributed by atoms with E-state index in [0.717, 1.165) is 6.42 Å². The second-order valence-electron chi connectivity index (χ2n) is 3.24. The van der Waals surface area contributed by atoms with Crippen LogP contribution in [0.4, 0.5) is 0 Å². The summed E-state index contributed by atoms with van der Waals surface area (Å²) in [5.74, 6) is 0.330. The summed E-state index contributed by atoms with van der Waals surface area (Å²) in [6.07, 6.45) is 3.12. The molecule has 2 nitrogen and oxygen atoms in total. The van der Waals surface area contributed by atoms with Gasteiger partial charge in [0.2, 0.25) is 0 Å². The number of allylic oxidation sites excluding steroid dienone is 1. The van der Waals surface area contributed by atoms with Crippen LogP contribution in [0.15, 0.2) is 11.6 Å². The standard InChI is InChI=1S/C10H16O2/c1-4-8(5-2)9-6-12-10(11)7(9)3/h4,7,9H,5-6H2,1-3H3/b8-4-. The fourth-order valence-corrected chi connectivity index (χ4v) is 1.72. The van der Waals surface area contributed by atoms with Gasteiger partial charge >= 0.3 is 5.97 Å². The van der Waals surface area contributed by atoms with Crippen LogP contribution in [-0.2, 0) is 9.53 Å². The van der Waals surface area contributed by atoms with Gasteiger partial charge in [-0.2, -0.15) is 0 Å².